The van der Waals surface area contributed by atoms with Crippen LogP contribution in [0.5, 0.6) is 5.75 Å². The molecule has 1 aliphatic carbocycles. The standard InChI is InChI=1S/C20H30N2O2/c1-2-24-19-9-7-16(8-10-19)15-22-13-11-17(12-14-22)20(23)21-18-5-3-4-6-18/h7-10,17-18H,2-6,11-15H2,1H3,(H,21,23). The van der Waals surface area contributed by atoms with Gasteiger partial charge in [-0.15, -0.1) is 0 Å². The Kier molecular flexibility index (Phi) is 6.13. The molecule has 1 heterocycles. The number of rotatable bonds is 6. The molecular weight excluding hydrogens is 300 g/mol. The van der Waals surface area contributed by atoms with Crippen molar-refractivity contribution in [2.24, 2.45) is 5.92 Å². The summed E-state index contributed by atoms with van der Waals surface area (Å²) in [5.41, 5.74) is 1.31. The molecule has 1 saturated heterocycles. The van der Waals surface area contributed by atoms with Crippen LogP contribution in [0.2, 0.25) is 0 Å². The third kappa shape index (κ3) is 4.73. The van der Waals surface area contributed by atoms with E-state index in [1.165, 1.54) is 31.2 Å². The Balaban J connectivity index is 1.42. The van der Waals surface area contributed by atoms with Gasteiger partial charge < -0.3 is 10.1 Å². The lowest BCUT2D eigenvalue weighted by Gasteiger charge is -2.31. The number of nitrogens with zero attached hydrogens (tertiary/aromatic N) is 1. The van der Waals surface area contributed by atoms with Crippen molar-refractivity contribution in [3.05, 3.63) is 29.8 Å². The number of hydrogen-bond acceptors (Lipinski definition) is 3. The zero-order chi connectivity index (χ0) is 16.8. The zero-order valence-electron chi connectivity index (χ0n) is 14.8. The van der Waals surface area contributed by atoms with Crippen LogP contribution in [0.4, 0.5) is 0 Å². The van der Waals surface area contributed by atoms with Crippen molar-refractivity contribution >= 4 is 5.91 Å². The van der Waals surface area contributed by atoms with E-state index in [2.05, 4.69) is 22.3 Å². The molecule has 1 aromatic rings. The molecule has 1 amide bonds. The minimum absolute atomic E-state index is 0.210. The third-order valence-corrected chi connectivity index (χ3v) is 5.30. The van der Waals surface area contributed by atoms with Crippen LogP contribution in [-0.4, -0.2) is 36.5 Å². The predicted octanol–water partition coefficient (Wildman–Crippen LogP) is 3.36. The second-order valence-electron chi connectivity index (χ2n) is 7.12. The quantitative estimate of drug-likeness (QED) is 0.869. The van der Waals surface area contributed by atoms with E-state index in [9.17, 15) is 4.79 Å². The molecule has 1 aliphatic heterocycles. The van der Waals surface area contributed by atoms with Crippen molar-refractivity contribution < 1.29 is 9.53 Å². The fraction of sp³-hybridized carbons (Fsp3) is 0.650. The van der Waals surface area contributed by atoms with Crippen LogP contribution in [0.1, 0.15) is 51.0 Å². The van der Waals surface area contributed by atoms with E-state index in [0.29, 0.717) is 18.6 Å². The summed E-state index contributed by atoms with van der Waals surface area (Å²) < 4.78 is 5.49. The second kappa shape index (κ2) is 8.52. The molecule has 1 N–H and O–H groups in total. The van der Waals surface area contributed by atoms with E-state index < -0.39 is 0 Å². The molecule has 2 aliphatic rings. The van der Waals surface area contributed by atoms with E-state index in [-0.39, 0.29) is 5.92 Å². The van der Waals surface area contributed by atoms with Gasteiger partial charge in [0.25, 0.3) is 0 Å². The minimum atomic E-state index is 0.210. The molecule has 132 valence electrons. The molecule has 0 radical (unpaired) electrons. The molecule has 0 bridgehead atoms. The number of ether oxygens (including phenoxy) is 1. The van der Waals surface area contributed by atoms with Crippen molar-refractivity contribution in [1.82, 2.24) is 10.2 Å². The van der Waals surface area contributed by atoms with Crippen LogP contribution in [0.15, 0.2) is 24.3 Å². The topological polar surface area (TPSA) is 41.6 Å². The molecule has 0 unspecified atom stereocenters. The Hall–Kier alpha value is -1.55. The first-order valence-corrected chi connectivity index (χ1v) is 9.49. The summed E-state index contributed by atoms with van der Waals surface area (Å²) in [5, 5.41) is 3.26. The van der Waals surface area contributed by atoms with E-state index in [1.54, 1.807) is 0 Å². The van der Waals surface area contributed by atoms with Gasteiger partial charge in [0, 0.05) is 18.5 Å². The molecule has 4 nitrogen and oxygen atoms in total. The van der Waals surface area contributed by atoms with Gasteiger partial charge >= 0.3 is 0 Å². The molecule has 1 saturated carbocycles. The lowest BCUT2D eigenvalue weighted by atomic mass is 9.95. The van der Waals surface area contributed by atoms with Crippen LogP contribution in [0.3, 0.4) is 0 Å². The number of carbonyl (C=O) groups is 1. The summed E-state index contributed by atoms with van der Waals surface area (Å²) in [5.74, 6) is 1.44. The first kappa shape index (κ1) is 17.3. The van der Waals surface area contributed by atoms with Crippen molar-refractivity contribution in [2.75, 3.05) is 19.7 Å². The van der Waals surface area contributed by atoms with Gasteiger partial charge in [-0.1, -0.05) is 25.0 Å². The highest BCUT2D eigenvalue weighted by Crippen LogP contribution is 2.22. The summed E-state index contributed by atoms with van der Waals surface area (Å²) in [7, 11) is 0. The fourth-order valence-electron chi connectivity index (χ4n) is 3.86. The first-order chi connectivity index (χ1) is 11.7. The highest BCUT2D eigenvalue weighted by molar-refractivity contribution is 5.79. The maximum absolute atomic E-state index is 12.4. The zero-order valence-corrected chi connectivity index (χ0v) is 14.8. The second-order valence-corrected chi connectivity index (χ2v) is 7.12. The number of hydrogen-bond donors (Lipinski definition) is 1. The number of amides is 1. The molecule has 3 rings (SSSR count). The summed E-state index contributed by atoms with van der Waals surface area (Å²) in [6, 6.07) is 8.81. The van der Waals surface area contributed by atoms with Gasteiger partial charge in [0.1, 0.15) is 5.75 Å². The molecule has 0 aromatic heterocycles. The summed E-state index contributed by atoms with van der Waals surface area (Å²) in [6.07, 6.45) is 6.84. The highest BCUT2D eigenvalue weighted by atomic mass is 16.5. The molecule has 4 heteroatoms. The lowest BCUT2D eigenvalue weighted by molar-refractivity contribution is -0.127. The first-order valence-electron chi connectivity index (χ1n) is 9.49. The highest BCUT2D eigenvalue weighted by Gasteiger charge is 2.27. The number of benzene rings is 1. The number of piperidine rings is 1. The predicted molar refractivity (Wildman–Crippen MR) is 96.0 cm³/mol. The van der Waals surface area contributed by atoms with Crippen molar-refractivity contribution in [3.8, 4) is 5.75 Å². The van der Waals surface area contributed by atoms with Crippen LogP contribution in [0.25, 0.3) is 0 Å². The Bertz CT molecular complexity index is 515. The summed E-state index contributed by atoms with van der Waals surface area (Å²) >= 11 is 0. The fourth-order valence-corrected chi connectivity index (χ4v) is 3.86. The lowest BCUT2D eigenvalue weighted by Crippen LogP contribution is -2.42. The molecule has 24 heavy (non-hydrogen) atoms. The van der Waals surface area contributed by atoms with E-state index >= 15 is 0 Å². The smallest absolute Gasteiger partial charge is 0.223 e. The minimum Gasteiger partial charge on any atom is -0.494 e. The molecular formula is C20H30N2O2. The maximum Gasteiger partial charge on any atom is 0.223 e. The van der Waals surface area contributed by atoms with Crippen LogP contribution in [-0.2, 0) is 11.3 Å². The monoisotopic (exact) mass is 330 g/mol. The molecule has 0 spiro atoms. The Morgan fingerprint density at radius 3 is 2.42 bits per heavy atom. The maximum atomic E-state index is 12.4. The molecule has 0 atom stereocenters. The van der Waals surface area contributed by atoms with E-state index in [1.807, 2.05) is 19.1 Å². The van der Waals surface area contributed by atoms with Crippen molar-refractivity contribution in [3.63, 3.8) is 0 Å². The molecule has 1 aromatic carbocycles. The number of likely N-dealkylation sites (tertiary alicyclic amines) is 1. The number of nitrogens with one attached hydrogen (secondary N) is 1. The van der Waals surface area contributed by atoms with Crippen LogP contribution >= 0.6 is 0 Å². The largest absolute Gasteiger partial charge is 0.494 e. The average molecular weight is 330 g/mol. The Labute approximate surface area is 145 Å². The van der Waals surface area contributed by atoms with E-state index in [0.717, 1.165) is 38.2 Å². The summed E-state index contributed by atoms with van der Waals surface area (Å²) in [6.45, 7) is 5.69. The Morgan fingerprint density at radius 1 is 1.12 bits per heavy atom. The van der Waals surface area contributed by atoms with Crippen molar-refractivity contribution in [2.45, 2.75) is 58.0 Å². The Morgan fingerprint density at radius 2 is 1.79 bits per heavy atom. The van der Waals surface area contributed by atoms with E-state index in [4.69, 9.17) is 4.74 Å². The third-order valence-electron chi connectivity index (χ3n) is 5.30. The molecule has 2 fully saturated rings. The van der Waals surface area contributed by atoms with Crippen LogP contribution < -0.4 is 10.1 Å². The van der Waals surface area contributed by atoms with Gasteiger partial charge in [-0.3, -0.25) is 9.69 Å². The van der Waals surface area contributed by atoms with Crippen molar-refractivity contribution in [1.29, 1.82) is 0 Å². The SMILES string of the molecule is CCOc1ccc(CN2CCC(C(=O)NC3CCCC3)CC2)cc1. The summed E-state index contributed by atoms with van der Waals surface area (Å²) in [4.78, 5) is 14.8. The van der Waals surface area contributed by atoms with Gasteiger partial charge in [-0.2, -0.15) is 0 Å². The van der Waals surface area contributed by atoms with Crippen LogP contribution in [0, 0.1) is 5.92 Å². The normalized spacial score (nSPS) is 20.2. The van der Waals surface area contributed by atoms with Gasteiger partial charge in [-0.05, 0) is 63.4 Å². The number of carbonyl (C=O) groups excluding carboxylic acids is 1. The average Bonchev–Trinajstić information content (AvgIpc) is 3.10. The van der Waals surface area contributed by atoms with Gasteiger partial charge in [0.15, 0.2) is 0 Å². The van der Waals surface area contributed by atoms with Gasteiger partial charge in [0.05, 0.1) is 6.61 Å². The van der Waals surface area contributed by atoms with Gasteiger partial charge in [-0.25, -0.2) is 0 Å². The van der Waals surface area contributed by atoms with Gasteiger partial charge in [0.2, 0.25) is 5.91 Å².